The highest BCUT2D eigenvalue weighted by molar-refractivity contribution is 7.99. The quantitative estimate of drug-likeness (QED) is 0.809. The average molecular weight is 236 g/mol. The van der Waals surface area contributed by atoms with Crippen LogP contribution in [0.15, 0.2) is 29.2 Å². The molecule has 2 rings (SSSR count). The van der Waals surface area contributed by atoms with E-state index in [1.165, 1.54) is 0 Å². The van der Waals surface area contributed by atoms with Gasteiger partial charge in [0.2, 0.25) is 5.91 Å². The minimum atomic E-state index is -0.810. The number of rotatable bonds is 1. The molecule has 1 heterocycles. The van der Waals surface area contributed by atoms with Crippen LogP contribution in [0.5, 0.6) is 0 Å². The molecule has 0 fully saturated rings. The number of nitrogens with two attached hydrogens (primary N) is 1. The molecule has 1 aliphatic rings. The van der Waals surface area contributed by atoms with Gasteiger partial charge in [0, 0.05) is 17.2 Å². The van der Waals surface area contributed by atoms with Gasteiger partial charge in [0.05, 0.1) is 11.2 Å². The Labute approximate surface area is 100.0 Å². The smallest absolute Gasteiger partial charge is 0.246 e. The maximum absolute atomic E-state index is 12.2. The topological polar surface area (TPSA) is 46.3 Å². The van der Waals surface area contributed by atoms with Crippen molar-refractivity contribution in [1.29, 1.82) is 0 Å². The lowest BCUT2D eigenvalue weighted by Crippen LogP contribution is -2.52. The van der Waals surface area contributed by atoms with Gasteiger partial charge in [0.15, 0.2) is 0 Å². The summed E-state index contributed by atoms with van der Waals surface area (Å²) >= 11 is 1.79. The molecule has 0 radical (unpaired) electrons. The summed E-state index contributed by atoms with van der Waals surface area (Å²) in [6, 6.07) is 7.97. The Morgan fingerprint density at radius 1 is 1.44 bits per heavy atom. The van der Waals surface area contributed by atoms with E-state index in [1.807, 2.05) is 24.3 Å². The van der Waals surface area contributed by atoms with E-state index in [4.69, 9.17) is 5.73 Å². The molecule has 1 aromatic carbocycles. The Morgan fingerprint density at radius 2 is 2.12 bits per heavy atom. The molecule has 1 aromatic rings. The molecule has 1 amide bonds. The number of amides is 1. The van der Waals surface area contributed by atoms with E-state index in [-0.39, 0.29) is 5.91 Å². The summed E-state index contributed by atoms with van der Waals surface area (Å²) in [6.07, 6.45) is 0. The highest BCUT2D eigenvalue weighted by atomic mass is 32.2. The lowest BCUT2D eigenvalue weighted by Gasteiger charge is -2.33. The fourth-order valence-electron chi connectivity index (χ4n) is 1.73. The van der Waals surface area contributed by atoms with Gasteiger partial charge >= 0.3 is 0 Å². The Bertz CT molecular complexity index is 412. The van der Waals surface area contributed by atoms with Crippen LogP contribution in [-0.2, 0) is 4.79 Å². The second-order valence-corrected chi connectivity index (χ2v) is 5.63. The van der Waals surface area contributed by atoms with Crippen LogP contribution >= 0.6 is 11.8 Å². The molecule has 16 heavy (non-hydrogen) atoms. The molecule has 2 N–H and O–H groups in total. The molecule has 0 bridgehead atoms. The SMILES string of the molecule is CC(C)(N)C(=O)N1CCSc2ccccc21. The zero-order chi connectivity index (χ0) is 11.8. The maximum atomic E-state index is 12.2. The number of benzene rings is 1. The third-order valence-electron chi connectivity index (χ3n) is 2.52. The van der Waals surface area contributed by atoms with Gasteiger partial charge in [-0.2, -0.15) is 0 Å². The van der Waals surface area contributed by atoms with Gasteiger partial charge in [-0.05, 0) is 26.0 Å². The van der Waals surface area contributed by atoms with Crippen molar-refractivity contribution in [3.05, 3.63) is 24.3 Å². The molecule has 4 heteroatoms. The van der Waals surface area contributed by atoms with Gasteiger partial charge in [0.25, 0.3) is 0 Å². The van der Waals surface area contributed by atoms with Crippen molar-refractivity contribution in [3.8, 4) is 0 Å². The third kappa shape index (κ3) is 2.08. The molecule has 86 valence electrons. The number of fused-ring (bicyclic) bond motifs is 1. The van der Waals surface area contributed by atoms with Crippen LogP contribution in [0.2, 0.25) is 0 Å². The first-order valence-corrected chi connectivity index (χ1v) is 6.31. The van der Waals surface area contributed by atoms with Crippen LogP contribution in [0.25, 0.3) is 0 Å². The highest BCUT2D eigenvalue weighted by Gasteiger charge is 2.31. The molecule has 0 saturated carbocycles. The van der Waals surface area contributed by atoms with Crippen molar-refractivity contribution >= 4 is 23.4 Å². The average Bonchev–Trinajstić information content (AvgIpc) is 2.26. The number of nitrogens with zero attached hydrogens (tertiary/aromatic N) is 1. The lowest BCUT2D eigenvalue weighted by atomic mass is 10.0. The number of hydrogen-bond donors (Lipinski definition) is 1. The molecular weight excluding hydrogens is 220 g/mol. The van der Waals surface area contributed by atoms with Crippen LogP contribution in [0, 0.1) is 0 Å². The summed E-state index contributed by atoms with van der Waals surface area (Å²) < 4.78 is 0. The van der Waals surface area contributed by atoms with E-state index in [1.54, 1.807) is 30.5 Å². The second-order valence-electron chi connectivity index (χ2n) is 4.49. The van der Waals surface area contributed by atoms with Gasteiger partial charge in [-0.1, -0.05) is 12.1 Å². The predicted octanol–water partition coefficient (Wildman–Crippen LogP) is 1.86. The Balaban J connectivity index is 2.36. The van der Waals surface area contributed by atoms with E-state index in [9.17, 15) is 4.79 Å². The summed E-state index contributed by atoms with van der Waals surface area (Å²) in [4.78, 5) is 15.1. The van der Waals surface area contributed by atoms with Crippen LogP contribution in [0.1, 0.15) is 13.8 Å². The number of carbonyl (C=O) groups is 1. The first kappa shape index (κ1) is 11.5. The van der Waals surface area contributed by atoms with Crippen molar-refractivity contribution in [3.63, 3.8) is 0 Å². The Morgan fingerprint density at radius 3 is 2.81 bits per heavy atom. The predicted molar refractivity (Wildman–Crippen MR) is 67.8 cm³/mol. The fourth-order valence-corrected chi connectivity index (χ4v) is 2.72. The molecule has 1 aliphatic heterocycles. The summed E-state index contributed by atoms with van der Waals surface area (Å²) in [6.45, 7) is 4.24. The van der Waals surface area contributed by atoms with E-state index in [2.05, 4.69) is 0 Å². The number of thioether (sulfide) groups is 1. The second kappa shape index (κ2) is 4.11. The molecule has 0 aliphatic carbocycles. The van der Waals surface area contributed by atoms with E-state index in [0.29, 0.717) is 0 Å². The standard InChI is InChI=1S/C12H16N2OS/c1-12(2,13)11(15)14-7-8-16-10-6-4-3-5-9(10)14/h3-6H,7-8,13H2,1-2H3. The van der Waals surface area contributed by atoms with E-state index < -0.39 is 5.54 Å². The summed E-state index contributed by atoms with van der Waals surface area (Å²) in [5.74, 6) is 0.916. The van der Waals surface area contributed by atoms with Gasteiger partial charge in [0.1, 0.15) is 0 Å². The maximum Gasteiger partial charge on any atom is 0.246 e. The number of para-hydroxylation sites is 1. The summed E-state index contributed by atoms with van der Waals surface area (Å²) in [5.41, 5.74) is 6.05. The van der Waals surface area contributed by atoms with Crippen LogP contribution in [-0.4, -0.2) is 23.7 Å². The van der Waals surface area contributed by atoms with Gasteiger partial charge in [-0.15, -0.1) is 11.8 Å². The zero-order valence-corrected chi connectivity index (χ0v) is 10.4. The molecule has 3 nitrogen and oxygen atoms in total. The molecule has 0 spiro atoms. The molecule has 0 saturated heterocycles. The molecule has 0 unspecified atom stereocenters. The highest BCUT2D eigenvalue weighted by Crippen LogP contribution is 2.35. The van der Waals surface area contributed by atoms with E-state index in [0.717, 1.165) is 22.9 Å². The Hall–Kier alpha value is -1.00. The number of carbonyl (C=O) groups excluding carboxylic acids is 1. The normalized spacial score (nSPS) is 15.8. The van der Waals surface area contributed by atoms with Crippen molar-refractivity contribution in [2.45, 2.75) is 24.3 Å². The largest absolute Gasteiger partial charge is 0.318 e. The molecule has 0 aromatic heterocycles. The van der Waals surface area contributed by atoms with Crippen LogP contribution < -0.4 is 10.6 Å². The molecule has 0 atom stereocenters. The minimum Gasteiger partial charge on any atom is -0.318 e. The third-order valence-corrected chi connectivity index (χ3v) is 3.57. The van der Waals surface area contributed by atoms with Crippen molar-refractivity contribution in [2.75, 3.05) is 17.2 Å². The summed E-state index contributed by atoms with van der Waals surface area (Å²) in [5, 5.41) is 0. The van der Waals surface area contributed by atoms with Crippen molar-refractivity contribution < 1.29 is 4.79 Å². The first-order chi connectivity index (χ1) is 7.50. The minimum absolute atomic E-state index is 0.0137. The van der Waals surface area contributed by atoms with Gasteiger partial charge < -0.3 is 10.6 Å². The van der Waals surface area contributed by atoms with Crippen molar-refractivity contribution in [2.24, 2.45) is 5.73 Å². The lowest BCUT2D eigenvalue weighted by molar-refractivity contribution is -0.122. The van der Waals surface area contributed by atoms with Gasteiger partial charge in [-0.3, -0.25) is 4.79 Å². The summed E-state index contributed by atoms with van der Waals surface area (Å²) in [7, 11) is 0. The number of hydrogen-bond acceptors (Lipinski definition) is 3. The van der Waals surface area contributed by atoms with E-state index >= 15 is 0 Å². The molecular formula is C12H16N2OS. The first-order valence-electron chi connectivity index (χ1n) is 5.33. The fraction of sp³-hybridized carbons (Fsp3) is 0.417. The number of anilines is 1. The zero-order valence-electron chi connectivity index (χ0n) is 9.56. The van der Waals surface area contributed by atoms with Crippen molar-refractivity contribution in [1.82, 2.24) is 0 Å². The van der Waals surface area contributed by atoms with Crippen LogP contribution in [0.3, 0.4) is 0 Å². The Kier molecular flexibility index (Phi) is 2.95. The monoisotopic (exact) mass is 236 g/mol. The van der Waals surface area contributed by atoms with Crippen LogP contribution in [0.4, 0.5) is 5.69 Å². The van der Waals surface area contributed by atoms with Gasteiger partial charge in [-0.25, -0.2) is 0 Å².